The van der Waals surface area contributed by atoms with Gasteiger partial charge in [-0.15, -0.1) is 0 Å². The molecule has 3 N–H and O–H groups in total. The Morgan fingerprint density at radius 2 is 2.30 bits per heavy atom. The number of hydrogen-bond acceptors (Lipinski definition) is 5. The second-order valence-corrected chi connectivity index (χ2v) is 7.08. The zero-order valence-electron chi connectivity index (χ0n) is 13.0. The molecule has 0 saturated carbocycles. The average molecular weight is 342 g/mol. The first-order valence-electron chi connectivity index (χ1n) is 7.49. The molecule has 8 heteroatoms. The molecule has 2 atom stereocenters. The molecular formula is C15H22N2O5S. The molecule has 0 aromatic heterocycles. The van der Waals surface area contributed by atoms with Crippen LogP contribution in [-0.2, 0) is 30.8 Å². The molecule has 23 heavy (non-hydrogen) atoms. The summed E-state index contributed by atoms with van der Waals surface area (Å²) in [5.74, 6) is -0.260. The average Bonchev–Trinajstić information content (AvgIpc) is 3.03. The van der Waals surface area contributed by atoms with E-state index >= 15 is 0 Å². The first-order chi connectivity index (χ1) is 10.9. The summed E-state index contributed by atoms with van der Waals surface area (Å²) in [5.41, 5.74) is 0.649. The summed E-state index contributed by atoms with van der Waals surface area (Å²) in [6, 6.07) is 6.15. The van der Waals surface area contributed by atoms with Crippen LogP contribution >= 0.6 is 0 Å². The zero-order chi connectivity index (χ0) is 16.9. The van der Waals surface area contributed by atoms with Gasteiger partial charge in [-0.05, 0) is 37.5 Å². The number of rotatable bonds is 7. The van der Waals surface area contributed by atoms with Crippen molar-refractivity contribution in [3.8, 4) is 0 Å². The molecule has 7 nitrogen and oxygen atoms in total. The Hall–Kier alpha value is -1.48. The standard InChI is InChI=1S/C15H22N2O5S/c1-11(22-10-13-5-3-7-21-13)15(18)17-9-12-4-2-6-14(8-12)23(16,19)20/h2,4,6,8,11,13H,3,5,7,9-10H2,1H3,(H,17,18)(H2,16,19,20)/t11-,13-/m0/s1. The minimum atomic E-state index is -3.75. The number of benzene rings is 1. The number of carbonyl (C=O) groups excluding carboxylic acids is 1. The van der Waals surface area contributed by atoms with Gasteiger partial charge in [0.2, 0.25) is 15.9 Å². The van der Waals surface area contributed by atoms with Gasteiger partial charge in [-0.25, -0.2) is 13.6 Å². The zero-order valence-corrected chi connectivity index (χ0v) is 13.8. The Morgan fingerprint density at radius 3 is 2.96 bits per heavy atom. The van der Waals surface area contributed by atoms with Crippen LogP contribution in [-0.4, -0.2) is 39.7 Å². The van der Waals surface area contributed by atoms with Crippen LogP contribution in [0, 0.1) is 0 Å². The number of nitrogens with two attached hydrogens (primary N) is 1. The summed E-state index contributed by atoms with van der Waals surface area (Å²) in [4.78, 5) is 12.0. The molecule has 0 unspecified atom stereocenters. The molecule has 0 radical (unpaired) electrons. The van der Waals surface area contributed by atoms with E-state index in [0.717, 1.165) is 19.4 Å². The summed E-state index contributed by atoms with van der Waals surface area (Å²) in [7, 11) is -3.75. The van der Waals surface area contributed by atoms with Crippen LogP contribution in [0.15, 0.2) is 29.2 Å². The van der Waals surface area contributed by atoms with Crippen LogP contribution in [0.4, 0.5) is 0 Å². The normalized spacial score (nSPS) is 19.5. The van der Waals surface area contributed by atoms with Crippen molar-refractivity contribution < 1.29 is 22.7 Å². The van der Waals surface area contributed by atoms with E-state index in [1.54, 1.807) is 19.1 Å². The summed E-state index contributed by atoms with van der Waals surface area (Å²) >= 11 is 0. The van der Waals surface area contributed by atoms with Crippen molar-refractivity contribution in [2.75, 3.05) is 13.2 Å². The van der Waals surface area contributed by atoms with Gasteiger partial charge in [0.25, 0.3) is 0 Å². The Morgan fingerprint density at radius 1 is 1.52 bits per heavy atom. The second kappa shape index (κ2) is 7.87. The molecule has 1 amide bonds. The maximum absolute atomic E-state index is 12.0. The van der Waals surface area contributed by atoms with Crippen LogP contribution < -0.4 is 10.5 Å². The fraction of sp³-hybridized carbons (Fsp3) is 0.533. The second-order valence-electron chi connectivity index (χ2n) is 5.52. The predicted octanol–water partition coefficient (Wildman–Crippen LogP) is 0.534. The lowest BCUT2D eigenvalue weighted by atomic mass is 10.2. The molecule has 1 heterocycles. The number of primary sulfonamides is 1. The molecule has 1 aliphatic rings. The van der Waals surface area contributed by atoms with E-state index in [4.69, 9.17) is 14.6 Å². The van der Waals surface area contributed by atoms with Crippen LogP contribution in [0.3, 0.4) is 0 Å². The fourth-order valence-electron chi connectivity index (χ4n) is 2.27. The first kappa shape index (κ1) is 17.9. The summed E-state index contributed by atoms with van der Waals surface area (Å²) in [6.07, 6.45) is 1.45. The monoisotopic (exact) mass is 342 g/mol. The quantitative estimate of drug-likeness (QED) is 0.752. The van der Waals surface area contributed by atoms with Gasteiger partial charge in [0.05, 0.1) is 17.6 Å². The van der Waals surface area contributed by atoms with E-state index in [2.05, 4.69) is 5.32 Å². The summed E-state index contributed by atoms with van der Waals surface area (Å²) in [5, 5.41) is 7.79. The van der Waals surface area contributed by atoms with Crippen molar-refractivity contribution in [3.63, 3.8) is 0 Å². The molecule has 0 bridgehead atoms. The van der Waals surface area contributed by atoms with Crippen molar-refractivity contribution >= 4 is 15.9 Å². The third-order valence-electron chi connectivity index (χ3n) is 3.62. The minimum Gasteiger partial charge on any atom is -0.376 e. The van der Waals surface area contributed by atoms with E-state index in [-0.39, 0.29) is 23.5 Å². The maximum Gasteiger partial charge on any atom is 0.249 e. The third kappa shape index (κ3) is 5.58. The highest BCUT2D eigenvalue weighted by Crippen LogP contribution is 2.13. The van der Waals surface area contributed by atoms with Gasteiger partial charge in [-0.2, -0.15) is 0 Å². The van der Waals surface area contributed by atoms with Crippen molar-refractivity contribution in [2.24, 2.45) is 5.14 Å². The van der Waals surface area contributed by atoms with Crippen LogP contribution in [0.25, 0.3) is 0 Å². The molecule has 1 fully saturated rings. The van der Waals surface area contributed by atoms with E-state index in [1.807, 2.05) is 0 Å². The third-order valence-corrected chi connectivity index (χ3v) is 4.53. The topological polar surface area (TPSA) is 108 Å². The molecule has 1 aromatic rings. The Bertz CT molecular complexity index is 641. The van der Waals surface area contributed by atoms with Gasteiger partial charge < -0.3 is 14.8 Å². The number of ether oxygens (including phenoxy) is 2. The smallest absolute Gasteiger partial charge is 0.249 e. The predicted molar refractivity (Wildman–Crippen MR) is 84.0 cm³/mol. The Balaban J connectivity index is 1.81. The summed E-state index contributed by atoms with van der Waals surface area (Å²) < 4.78 is 33.5. The van der Waals surface area contributed by atoms with Crippen molar-refractivity contribution in [1.82, 2.24) is 5.32 Å². The lowest BCUT2D eigenvalue weighted by Crippen LogP contribution is -2.35. The van der Waals surface area contributed by atoms with E-state index in [1.165, 1.54) is 12.1 Å². The van der Waals surface area contributed by atoms with Crippen LogP contribution in [0.5, 0.6) is 0 Å². The first-order valence-corrected chi connectivity index (χ1v) is 9.03. The summed E-state index contributed by atoms with van der Waals surface area (Å²) in [6.45, 7) is 3.02. The maximum atomic E-state index is 12.0. The highest BCUT2D eigenvalue weighted by Gasteiger charge is 2.19. The lowest BCUT2D eigenvalue weighted by molar-refractivity contribution is -0.133. The van der Waals surface area contributed by atoms with Gasteiger partial charge in [0, 0.05) is 13.2 Å². The largest absolute Gasteiger partial charge is 0.376 e. The van der Waals surface area contributed by atoms with Crippen molar-refractivity contribution in [3.05, 3.63) is 29.8 Å². The van der Waals surface area contributed by atoms with Crippen molar-refractivity contribution in [1.29, 1.82) is 0 Å². The number of carbonyl (C=O) groups is 1. The van der Waals surface area contributed by atoms with Gasteiger partial charge in [-0.1, -0.05) is 12.1 Å². The fourth-order valence-corrected chi connectivity index (χ4v) is 2.85. The molecule has 0 aliphatic carbocycles. The highest BCUT2D eigenvalue weighted by atomic mass is 32.2. The Kier molecular flexibility index (Phi) is 6.11. The van der Waals surface area contributed by atoms with Gasteiger partial charge in [0.15, 0.2) is 0 Å². The molecule has 128 valence electrons. The van der Waals surface area contributed by atoms with E-state index in [0.29, 0.717) is 12.2 Å². The molecule has 2 rings (SSSR count). The molecule has 0 spiro atoms. The molecule has 1 saturated heterocycles. The number of nitrogens with one attached hydrogen (secondary N) is 1. The number of hydrogen-bond donors (Lipinski definition) is 2. The van der Waals surface area contributed by atoms with Gasteiger partial charge >= 0.3 is 0 Å². The lowest BCUT2D eigenvalue weighted by Gasteiger charge is -2.16. The molecule has 1 aromatic carbocycles. The van der Waals surface area contributed by atoms with Crippen LogP contribution in [0.1, 0.15) is 25.3 Å². The Labute approximate surface area is 136 Å². The molecular weight excluding hydrogens is 320 g/mol. The minimum absolute atomic E-state index is 0.0203. The highest BCUT2D eigenvalue weighted by molar-refractivity contribution is 7.89. The van der Waals surface area contributed by atoms with Crippen molar-refractivity contribution in [2.45, 2.75) is 43.4 Å². The molecule has 1 aliphatic heterocycles. The van der Waals surface area contributed by atoms with Gasteiger partial charge in [0.1, 0.15) is 6.10 Å². The number of amides is 1. The van der Waals surface area contributed by atoms with E-state index < -0.39 is 16.1 Å². The van der Waals surface area contributed by atoms with E-state index in [9.17, 15) is 13.2 Å². The van der Waals surface area contributed by atoms with Crippen LogP contribution in [0.2, 0.25) is 0 Å². The van der Waals surface area contributed by atoms with Gasteiger partial charge in [-0.3, -0.25) is 4.79 Å². The SMILES string of the molecule is C[C@H](OC[C@@H]1CCCO1)C(=O)NCc1cccc(S(N)(=O)=O)c1. The number of sulfonamides is 1.